The van der Waals surface area contributed by atoms with Gasteiger partial charge in [-0.15, -0.1) is 4.91 Å². The van der Waals surface area contributed by atoms with Gasteiger partial charge in [-0.1, -0.05) is 17.9 Å². The quantitative estimate of drug-likeness (QED) is 0.243. The minimum absolute atomic E-state index is 0.00403. The van der Waals surface area contributed by atoms with E-state index in [1.807, 2.05) is 6.08 Å². The molecule has 0 unspecified atom stereocenters. The maximum absolute atomic E-state index is 14.2. The standard InChI is InChI=1S/C30H32N4O7/c1-33(2)19-13-15(10-9-14-7-5-6-8-14)24(35)21-17(19)11-16-12-18-23(34(3)4)26(37)22(29(31)39)28(38)30(18,40)27(32-41)20(16)25(21)36/h7,13,16,18,23,35,37,40H,5-6,8,11-12H2,1-4H3,(H2,31,39)/t16-,18-,23-,30-/m0/s1. The van der Waals surface area contributed by atoms with Gasteiger partial charge in [-0.3, -0.25) is 19.3 Å². The van der Waals surface area contributed by atoms with Crippen LogP contribution in [0.3, 0.4) is 0 Å². The summed E-state index contributed by atoms with van der Waals surface area (Å²) in [5.41, 5.74) is 3.22. The van der Waals surface area contributed by atoms with E-state index < -0.39 is 58.0 Å². The number of primary amides is 1. The summed E-state index contributed by atoms with van der Waals surface area (Å²) >= 11 is 0. The van der Waals surface area contributed by atoms with E-state index in [-0.39, 0.29) is 35.3 Å². The van der Waals surface area contributed by atoms with E-state index in [4.69, 9.17) is 5.73 Å². The van der Waals surface area contributed by atoms with Crippen LogP contribution in [0.2, 0.25) is 0 Å². The van der Waals surface area contributed by atoms with Gasteiger partial charge in [0.15, 0.2) is 11.4 Å². The number of phenolic OH excluding ortho intramolecular Hbond substituents is 1. The van der Waals surface area contributed by atoms with Crippen molar-refractivity contribution in [2.45, 2.75) is 43.7 Å². The van der Waals surface area contributed by atoms with E-state index in [2.05, 4.69) is 17.0 Å². The molecule has 0 radical (unpaired) electrons. The van der Waals surface area contributed by atoms with Crippen LogP contribution in [0.25, 0.3) is 0 Å². The Hall–Kier alpha value is -4.27. The molecular weight excluding hydrogens is 528 g/mol. The first-order chi connectivity index (χ1) is 19.3. The molecule has 0 aromatic heterocycles. The lowest BCUT2D eigenvalue weighted by Gasteiger charge is -2.50. The summed E-state index contributed by atoms with van der Waals surface area (Å²) in [6.45, 7) is 0. The van der Waals surface area contributed by atoms with Crippen LogP contribution in [0.5, 0.6) is 5.75 Å². The number of allylic oxidation sites excluding steroid dienone is 3. The lowest BCUT2D eigenvalue weighted by Crippen LogP contribution is -2.63. The third-order valence-electron chi connectivity index (χ3n) is 8.67. The number of carbonyl (C=O) groups is 3. The average molecular weight is 561 g/mol. The fourth-order valence-corrected chi connectivity index (χ4v) is 6.84. The molecule has 0 saturated carbocycles. The molecule has 11 heteroatoms. The first-order valence-electron chi connectivity index (χ1n) is 13.4. The topological polar surface area (TPSA) is 174 Å². The summed E-state index contributed by atoms with van der Waals surface area (Å²) in [5, 5.41) is 37.2. The van der Waals surface area contributed by atoms with Crippen LogP contribution < -0.4 is 10.6 Å². The van der Waals surface area contributed by atoms with E-state index in [1.165, 1.54) is 4.90 Å². The number of nitrogens with two attached hydrogens (primary N) is 1. The Bertz CT molecular complexity index is 1570. The molecule has 214 valence electrons. The molecule has 11 nitrogen and oxygen atoms in total. The minimum Gasteiger partial charge on any atom is -0.510 e. The van der Waals surface area contributed by atoms with E-state index in [0.29, 0.717) is 11.3 Å². The molecule has 0 fully saturated rings. The molecule has 1 amide bonds. The number of nitrogens with zero attached hydrogens (tertiary/aromatic N) is 3. The number of aromatic hydroxyl groups is 1. The number of nitroso groups, excluding NO2 is 1. The number of anilines is 1. The monoisotopic (exact) mass is 560 g/mol. The second-order valence-corrected chi connectivity index (χ2v) is 11.5. The maximum Gasteiger partial charge on any atom is 0.255 e. The van der Waals surface area contributed by atoms with Crippen LogP contribution >= 0.6 is 0 Å². The fraction of sp³-hybridized carbons (Fsp3) is 0.433. The number of fused-ring (bicyclic) bond motifs is 3. The molecule has 0 spiro atoms. The van der Waals surface area contributed by atoms with Crippen LogP contribution in [0.15, 0.2) is 45.5 Å². The van der Waals surface area contributed by atoms with Gasteiger partial charge in [-0.25, -0.2) is 0 Å². The van der Waals surface area contributed by atoms with Crippen LogP contribution in [0.1, 0.15) is 47.2 Å². The Kier molecular flexibility index (Phi) is 6.88. The van der Waals surface area contributed by atoms with Gasteiger partial charge in [0.05, 0.1) is 17.2 Å². The van der Waals surface area contributed by atoms with E-state index >= 15 is 0 Å². The highest BCUT2D eigenvalue weighted by Gasteiger charge is 2.63. The normalized spacial score (nSPS) is 27.1. The second kappa shape index (κ2) is 9.98. The summed E-state index contributed by atoms with van der Waals surface area (Å²) in [6.07, 6.45) is 4.99. The number of benzene rings is 1. The summed E-state index contributed by atoms with van der Waals surface area (Å²) in [4.78, 5) is 55.7. The number of aliphatic hydroxyl groups is 2. The number of carbonyl (C=O) groups excluding carboxylic acids is 3. The number of rotatable bonds is 4. The predicted molar refractivity (Wildman–Crippen MR) is 150 cm³/mol. The summed E-state index contributed by atoms with van der Waals surface area (Å²) < 4.78 is 0. The maximum atomic E-state index is 14.2. The lowest BCUT2D eigenvalue weighted by atomic mass is 9.58. The number of hydrogen-bond acceptors (Lipinski definition) is 10. The van der Waals surface area contributed by atoms with Crippen molar-refractivity contribution < 1.29 is 29.7 Å². The van der Waals surface area contributed by atoms with Gasteiger partial charge in [-0.2, -0.15) is 0 Å². The molecular formula is C30H32N4O7. The predicted octanol–water partition coefficient (Wildman–Crippen LogP) is 1.86. The molecule has 4 aliphatic carbocycles. The SMILES string of the molecule is CN(C)c1cc(C#CC2=CCCC2)c(O)c2c1C[C@H]1C[C@H]3[C@H](N(C)C)C(O)=C(C(N)=O)C(=O)[C@@]3(O)C(N=O)=C1C2=O. The fourth-order valence-electron chi connectivity index (χ4n) is 6.84. The smallest absolute Gasteiger partial charge is 0.255 e. The van der Waals surface area contributed by atoms with Crippen molar-refractivity contribution in [2.75, 3.05) is 33.1 Å². The molecule has 0 aliphatic heterocycles. The number of phenols is 1. The van der Waals surface area contributed by atoms with Crippen molar-refractivity contribution in [2.24, 2.45) is 22.7 Å². The van der Waals surface area contributed by atoms with Crippen molar-refractivity contribution in [3.63, 3.8) is 0 Å². The molecule has 5 rings (SSSR count). The zero-order valence-electron chi connectivity index (χ0n) is 23.3. The van der Waals surface area contributed by atoms with Crippen LogP contribution in [0, 0.1) is 28.6 Å². The first kappa shape index (κ1) is 28.3. The Morgan fingerprint density at radius 2 is 1.88 bits per heavy atom. The largest absolute Gasteiger partial charge is 0.510 e. The van der Waals surface area contributed by atoms with E-state index in [1.54, 1.807) is 39.2 Å². The lowest BCUT2D eigenvalue weighted by molar-refractivity contribution is -0.144. The van der Waals surface area contributed by atoms with Crippen molar-refractivity contribution in [1.29, 1.82) is 0 Å². The minimum atomic E-state index is -2.70. The first-order valence-corrected chi connectivity index (χ1v) is 13.4. The van der Waals surface area contributed by atoms with Gasteiger partial charge in [0.25, 0.3) is 5.91 Å². The third-order valence-corrected chi connectivity index (χ3v) is 8.67. The molecule has 0 saturated heterocycles. The Morgan fingerprint density at radius 3 is 2.44 bits per heavy atom. The number of hydrogen-bond donors (Lipinski definition) is 4. The van der Waals surface area contributed by atoms with Gasteiger partial charge >= 0.3 is 0 Å². The zero-order chi connectivity index (χ0) is 30.0. The molecule has 1 aromatic carbocycles. The number of Topliss-reactive ketones (excluding diaryl/α,β-unsaturated/α-hetero) is 2. The van der Waals surface area contributed by atoms with E-state index in [9.17, 15) is 34.6 Å². The van der Waals surface area contributed by atoms with Gasteiger partial charge < -0.3 is 26.0 Å². The van der Waals surface area contributed by atoms with Crippen molar-refractivity contribution in [3.05, 3.63) is 61.9 Å². The van der Waals surface area contributed by atoms with Crippen molar-refractivity contribution in [1.82, 2.24) is 4.90 Å². The number of amides is 1. The molecule has 0 heterocycles. The van der Waals surface area contributed by atoms with Gasteiger partial charge in [0.2, 0.25) is 5.78 Å². The van der Waals surface area contributed by atoms with Gasteiger partial charge in [-0.05, 0) is 74.5 Å². The third kappa shape index (κ3) is 4.09. The van der Waals surface area contributed by atoms with E-state index in [0.717, 1.165) is 24.8 Å². The molecule has 4 atom stereocenters. The highest BCUT2D eigenvalue weighted by molar-refractivity contribution is 6.25. The molecule has 41 heavy (non-hydrogen) atoms. The molecule has 0 bridgehead atoms. The summed E-state index contributed by atoms with van der Waals surface area (Å²) in [5.74, 6) is -0.0365. The Balaban J connectivity index is 1.75. The summed E-state index contributed by atoms with van der Waals surface area (Å²) in [7, 11) is 6.76. The highest BCUT2D eigenvalue weighted by atomic mass is 16.3. The van der Waals surface area contributed by atoms with Gasteiger partial charge in [0.1, 0.15) is 22.8 Å². The zero-order valence-corrected chi connectivity index (χ0v) is 23.3. The Labute approximate surface area is 237 Å². The summed E-state index contributed by atoms with van der Waals surface area (Å²) in [6, 6.07) is 0.649. The second-order valence-electron chi connectivity index (χ2n) is 11.5. The van der Waals surface area contributed by atoms with Gasteiger partial charge in [0, 0.05) is 31.3 Å². The number of aliphatic hydroxyl groups excluding tert-OH is 1. The number of ketones is 2. The Morgan fingerprint density at radius 1 is 1.17 bits per heavy atom. The van der Waals surface area contributed by atoms with Crippen LogP contribution in [-0.2, 0) is 16.0 Å². The van der Waals surface area contributed by atoms with Crippen molar-refractivity contribution in [3.8, 4) is 17.6 Å². The van der Waals surface area contributed by atoms with Crippen molar-refractivity contribution >= 4 is 23.2 Å². The molecule has 4 aliphatic rings. The average Bonchev–Trinajstić information content (AvgIpc) is 3.41. The van der Waals surface area contributed by atoms with Crippen LogP contribution in [0.4, 0.5) is 5.69 Å². The molecule has 1 aromatic rings. The number of likely N-dealkylation sites (N-methyl/N-ethyl adjacent to an activating group) is 1. The highest BCUT2D eigenvalue weighted by Crippen LogP contribution is 2.54. The molecule has 5 N–H and O–H groups in total. The van der Waals surface area contributed by atoms with Crippen LogP contribution in [-0.4, -0.2) is 77.5 Å².